The molecule has 3 rings (SSSR count). The number of hydrogen-bond acceptors (Lipinski definition) is 5. The van der Waals surface area contributed by atoms with E-state index >= 15 is 0 Å². The summed E-state index contributed by atoms with van der Waals surface area (Å²) in [5.74, 6) is -1.65. The smallest absolute Gasteiger partial charge is 0.329 e. The standard InChI is InChI=1S/C16H19N3O5/c20-14(17-16(15(21)22)6-3-7-16)11-4-5-12(13(10-11)19(23)24)18-8-1-2-9-18/h4-5,10H,1-3,6-9H2,(H,17,20)(H,21,22). The van der Waals surface area contributed by atoms with Crippen LogP contribution in [0.5, 0.6) is 0 Å². The lowest BCUT2D eigenvalue weighted by atomic mass is 9.76. The van der Waals surface area contributed by atoms with Crippen LogP contribution >= 0.6 is 0 Å². The Labute approximate surface area is 138 Å². The number of nitro benzene ring substituents is 1. The average molecular weight is 333 g/mol. The van der Waals surface area contributed by atoms with Gasteiger partial charge in [0.25, 0.3) is 11.6 Å². The number of benzene rings is 1. The number of amides is 1. The largest absolute Gasteiger partial charge is 0.480 e. The van der Waals surface area contributed by atoms with Crippen molar-refractivity contribution >= 4 is 23.3 Å². The van der Waals surface area contributed by atoms with Crippen molar-refractivity contribution in [3.63, 3.8) is 0 Å². The van der Waals surface area contributed by atoms with E-state index in [-0.39, 0.29) is 11.3 Å². The first-order valence-electron chi connectivity index (χ1n) is 8.02. The fraction of sp³-hybridized carbons (Fsp3) is 0.500. The molecule has 1 saturated heterocycles. The zero-order valence-corrected chi connectivity index (χ0v) is 13.2. The molecule has 0 atom stereocenters. The maximum Gasteiger partial charge on any atom is 0.329 e. The molecule has 2 aliphatic rings. The molecule has 24 heavy (non-hydrogen) atoms. The number of carbonyl (C=O) groups is 2. The van der Waals surface area contributed by atoms with Gasteiger partial charge in [-0.05, 0) is 44.2 Å². The van der Waals surface area contributed by atoms with Crippen molar-refractivity contribution in [3.8, 4) is 0 Å². The van der Waals surface area contributed by atoms with Crippen LogP contribution in [0.1, 0.15) is 42.5 Å². The molecule has 8 nitrogen and oxygen atoms in total. The van der Waals surface area contributed by atoms with Gasteiger partial charge in [0, 0.05) is 24.7 Å². The molecule has 0 spiro atoms. The molecular formula is C16H19N3O5. The zero-order valence-electron chi connectivity index (χ0n) is 13.2. The quantitative estimate of drug-likeness (QED) is 0.629. The number of nitro groups is 1. The summed E-state index contributed by atoms with van der Waals surface area (Å²) in [7, 11) is 0. The molecule has 0 unspecified atom stereocenters. The van der Waals surface area contributed by atoms with Crippen LogP contribution in [0.15, 0.2) is 18.2 Å². The Bertz CT molecular complexity index is 693. The van der Waals surface area contributed by atoms with Gasteiger partial charge in [0.05, 0.1) is 4.92 Å². The Balaban J connectivity index is 1.85. The van der Waals surface area contributed by atoms with E-state index in [4.69, 9.17) is 0 Å². The second-order valence-corrected chi connectivity index (χ2v) is 6.35. The van der Waals surface area contributed by atoms with Crippen molar-refractivity contribution in [2.75, 3.05) is 18.0 Å². The fourth-order valence-electron chi connectivity index (χ4n) is 3.25. The van der Waals surface area contributed by atoms with E-state index < -0.39 is 22.3 Å². The highest BCUT2D eigenvalue weighted by atomic mass is 16.6. The Kier molecular flexibility index (Phi) is 4.13. The first-order valence-corrected chi connectivity index (χ1v) is 8.02. The lowest BCUT2D eigenvalue weighted by molar-refractivity contribution is -0.384. The molecule has 1 aromatic carbocycles. The first kappa shape index (κ1) is 16.2. The number of carboxylic acid groups (broad SMARTS) is 1. The third-order valence-electron chi connectivity index (χ3n) is 4.85. The summed E-state index contributed by atoms with van der Waals surface area (Å²) in [6.07, 6.45) is 3.46. The van der Waals surface area contributed by atoms with E-state index in [1.165, 1.54) is 12.1 Å². The van der Waals surface area contributed by atoms with Gasteiger partial charge in [-0.1, -0.05) is 0 Å². The van der Waals surface area contributed by atoms with Gasteiger partial charge in [-0.25, -0.2) is 4.79 Å². The second-order valence-electron chi connectivity index (χ2n) is 6.35. The number of anilines is 1. The third-order valence-corrected chi connectivity index (χ3v) is 4.85. The molecule has 1 amide bonds. The van der Waals surface area contributed by atoms with Gasteiger partial charge in [0.2, 0.25) is 0 Å². The van der Waals surface area contributed by atoms with E-state index in [0.717, 1.165) is 32.4 Å². The number of nitrogens with zero attached hydrogens (tertiary/aromatic N) is 2. The van der Waals surface area contributed by atoms with Gasteiger partial charge >= 0.3 is 5.97 Å². The lowest BCUT2D eigenvalue weighted by Crippen LogP contribution is -2.59. The topological polar surface area (TPSA) is 113 Å². The zero-order chi connectivity index (χ0) is 17.3. The van der Waals surface area contributed by atoms with E-state index in [1.54, 1.807) is 6.07 Å². The van der Waals surface area contributed by atoms with Crippen molar-refractivity contribution in [2.24, 2.45) is 0 Å². The number of rotatable bonds is 5. The van der Waals surface area contributed by atoms with Crippen LogP contribution in [-0.4, -0.2) is 40.5 Å². The SMILES string of the molecule is O=C(NC1(C(=O)O)CCC1)c1ccc(N2CCCC2)c([N+](=O)[O-])c1. The van der Waals surface area contributed by atoms with Gasteiger partial charge in [-0.2, -0.15) is 0 Å². The summed E-state index contributed by atoms with van der Waals surface area (Å²) >= 11 is 0. The van der Waals surface area contributed by atoms with Gasteiger partial charge in [0.1, 0.15) is 11.2 Å². The summed E-state index contributed by atoms with van der Waals surface area (Å²) in [5.41, 5.74) is -0.746. The monoisotopic (exact) mass is 333 g/mol. The average Bonchev–Trinajstić information content (AvgIpc) is 3.03. The normalized spacial score (nSPS) is 18.8. The number of carboxylic acids is 1. The maximum atomic E-state index is 12.4. The van der Waals surface area contributed by atoms with Crippen molar-refractivity contribution in [3.05, 3.63) is 33.9 Å². The second kappa shape index (κ2) is 6.10. The molecule has 1 saturated carbocycles. The fourth-order valence-corrected chi connectivity index (χ4v) is 3.25. The van der Waals surface area contributed by atoms with Crippen molar-refractivity contribution in [1.29, 1.82) is 0 Å². The predicted molar refractivity (Wildman–Crippen MR) is 86.2 cm³/mol. The molecule has 1 aliphatic heterocycles. The van der Waals surface area contributed by atoms with Crippen molar-refractivity contribution in [2.45, 2.75) is 37.6 Å². The Morgan fingerprint density at radius 3 is 2.38 bits per heavy atom. The van der Waals surface area contributed by atoms with Crippen LogP contribution in [0.4, 0.5) is 11.4 Å². The first-order chi connectivity index (χ1) is 11.4. The molecule has 1 heterocycles. The molecule has 1 aromatic rings. The molecule has 0 radical (unpaired) electrons. The van der Waals surface area contributed by atoms with Crippen LogP contribution in [-0.2, 0) is 4.79 Å². The van der Waals surface area contributed by atoms with Crippen molar-refractivity contribution < 1.29 is 19.6 Å². The van der Waals surface area contributed by atoms with Crippen LogP contribution in [0.2, 0.25) is 0 Å². The number of carbonyl (C=O) groups excluding carboxylic acids is 1. The summed E-state index contributed by atoms with van der Waals surface area (Å²) in [6.45, 7) is 1.52. The van der Waals surface area contributed by atoms with Crippen LogP contribution in [0.25, 0.3) is 0 Å². The molecular weight excluding hydrogens is 314 g/mol. The summed E-state index contributed by atoms with van der Waals surface area (Å²) in [5, 5.41) is 23.2. The van der Waals surface area contributed by atoms with E-state index in [0.29, 0.717) is 18.5 Å². The maximum absolute atomic E-state index is 12.4. The van der Waals surface area contributed by atoms with E-state index in [1.807, 2.05) is 4.90 Å². The molecule has 128 valence electrons. The molecule has 0 aromatic heterocycles. The number of hydrogen-bond donors (Lipinski definition) is 2. The highest BCUT2D eigenvalue weighted by Crippen LogP contribution is 2.34. The predicted octanol–water partition coefficient (Wildman–Crippen LogP) is 1.93. The number of nitrogens with one attached hydrogen (secondary N) is 1. The van der Waals surface area contributed by atoms with Gasteiger partial charge < -0.3 is 15.3 Å². The minimum Gasteiger partial charge on any atom is -0.480 e. The van der Waals surface area contributed by atoms with Gasteiger partial charge in [-0.15, -0.1) is 0 Å². The van der Waals surface area contributed by atoms with Gasteiger partial charge in [0.15, 0.2) is 0 Å². The number of aliphatic carboxylic acids is 1. The minimum atomic E-state index is -1.24. The Morgan fingerprint density at radius 1 is 1.21 bits per heavy atom. The molecule has 0 bridgehead atoms. The molecule has 2 fully saturated rings. The van der Waals surface area contributed by atoms with Crippen molar-refractivity contribution in [1.82, 2.24) is 5.32 Å². The Morgan fingerprint density at radius 2 is 1.88 bits per heavy atom. The summed E-state index contributed by atoms with van der Waals surface area (Å²) in [6, 6.07) is 4.33. The lowest BCUT2D eigenvalue weighted by Gasteiger charge is -2.38. The summed E-state index contributed by atoms with van der Waals surface area (Å²) in [4.78, 5) is 36.5. The molecule has 1 aliphatic carbocycles. The van der Waals surface area contributed by atoms with Crippen LogP contribution < -0.4 is 10.2 Å². The molecule has 2 N–H and O–H groups in total. The molecule has 8 heteroatoms. The Hall–Kier alpha value is -2.64. The van der Waals surface area contributed by atoms with E-state index in [9.17, 15) is 24.8 Å². The van der Waals surface area contributed by atoms with Gasteiger partial charge in [-0.3, -0.25) is 14.9 Å². The highest BCUT2D eigenvalue weighted by Gasteiger charge is 2.45. The highest BCUT2D eigenvalue weighted by molar-refractivity contribution is 5.99. The summed E-state index contributed by atoms with van der Waals surface area (Å²) < 4.78 is 0. The van der Waals surface area contributed by atoms with E-state index in [2.05, 4.69) is 5.32 Å². The third kappa shape index (κ3) is 2.79. The minimum absolute atomic E-state index is 0.108. The van der Waals surface area contributed by atoms with Crippen LogP contribution in [0, 0.1) is 10.1 Å². The van der Waals surface area contributed by atoms with Crippen LogP contribution in [0.3, 0.4) is 0 Å².